The van der Waals surface area contributed by atoms with Crippen molar-refractivity contribution in [2.45, 2.75) is 48.0 Å². The number of nitrogens with one attached hydrogen (secondary N) is 1. The van der Waals surface area contributed by atoms with Gasteiger partial charge in [-0.2, -0.15) is 12.5 Å². The van der Waals surface area contributed by atoms with Crippen LogP contribution in [0.5, 0.6) is 0 Å². The zero-order chi connectivity index (χ0) is 21.3. The van der Waals surface area contributed by atoms with Gasteiger partial charge in [0.25, 0.3) is 0 Å². The number of fused-ring (bicyclic) bond motifs is 1. The van der Waals surface area contributed by atoms with E-state index in [4.69, 9.17) is 5.73 Å². The van der Waals surface area contributed by atoms with Gasteiger partial charge in [-0.05, 0) is 53.5 Å². The van der Waals surface area contributed by atoms with Crippen LogP contribution in [0.1, 0.15) is 55.0 Å². The first kappa shape index (κ1) is 30.4. The van der Waals surface area contributed by atoms with E-state index < -0.39 is 0 Å². The van der Waals surface area contributed by atoms with Crippen LogP contribution in [-0.2, 0) is 21.7 Å². The Balaban J connectivity index is 0.000000642. The fourth-order valence-electron chi connectivity index (χ4n) is 4.17. The molecule has 1 aliphatic carbocycles. The van der Waals surface area contributed by atoms with Crippen molar-refractivity contribution in [2.24, 2.45) is 0 Å². The molecule has 1 nitrogen and oxygen atoms in total. The van der Waals surface area contributed by atoms with Gasteiger partial charge < -0.3 is 30.5 Å². The summed E-state index contributed by atoms with van der Waals surface area (Å²) < 4.78 is 0. The molecule has 0 atom stereocenters. The Hall–Kier alpha value is -1.64. The second kappa shape index (κ2) is 12.6. The van der Waals surface area contributed by atoms with E-state index in [2.05, 4.69) is 71.0 Å². The van der Waals surface area contributed by atoms with Crippen molar-refractivity contribution < 1.29 is 46.5 Å². The van der Waals surface area contributed by atoms with Crippen LogP contribution in [0.4, 0.5) is 5.69 Å². The quantitative estimate of drug-likeness (QED) is 0.363. The molecule has 0 aliphatic heterocycles. The number of rotatable bonds is 1. The molecule has 0 heterocycles. The monoisotopic (exact) mass is 499 g/mol. The van der Waals surface area contributed by atoms with Crippen LogP contribution in [0, 0.1) is 27.7 Å². The molecule has 4 heteroatoms. The summed E-state index contributed by atoms with van der Waals surface area (Å²) in [4.78, 5) is 0. The van der Waals surface area contributed by atoms with Crippen LogP contribution >= 0.6 is 0 Å². The Morgan fingerprint density at radius 1 is 0.781 bits per heavy atom. The van der Waals surface area contributed by atoms with Gasteiger partial charge in [0.2, 0.25) is 0 Å². The minimum absolute atomic E-state index is 0. The summed E-state index contributed by atoms with van der Waals surface area (Å²) in [6, 6.07) is 17.0. The molecule has 1 aliphatic rings. The summed E-state index contributed by atoms with van der Waals surface area (Å²) >= 11 is 0. The Labute approximate surface area is 221 Å². The Morgan fingerprint density at radius 3 is 1.88 bits per heavy atom. The molecular formula is C28H31Cl2NTi-2. The Bertz CT molecular complexity index is 1140. The smallest absolute Gasteiger partial charge is 1.00 e. The van der Waals surface area contributed by atoms with E-state index in [1.54, 1.807) is 0 Å². The van der Waals surface area contributed by atoms with Crippen molar-refractivity contribution in [3.05, 3.63) is 106 Å². The summed E-state index contributed by atoms with van der Waals surface area (Å²) in [5.41, 5.74) is 19.9. The van der Waals surface area contributed by atoms with Crippen LogP contribution in [-0.4, -0.2) is 0 Å². The van der Waals surface area contributed by atoms with Gasteiger partial charge in [-0.3, -0.25) is 0 Å². The molecule has 32 heavy (non-hydrogen) atoms. The van der Waals surface area contributed by atoms with Crippen LogP contribution in [0.2, 0.25) is 0 Å². The molecule has 3 aromatic carbocycles. The number of hydrogen-bond acceptors (Lipinski definition) is 0. The summed E-state index contributed by atoms with van der Waals surface area (Å²) in [6.45, 7) is 17.0. The second-order valence-corrected chi connectivity index (χ2v) is 8.27. The largest absolute Gasteiger partial charge is 2.00 e. The van der Waals surface area contributed by atoms with Crippen LogP contribution in [0.15, 0.2) is 65.3 Å². The predicted octanol–water partition coefficient (Wildman–Crippen LogP) is 2.84. The van der Waals surface area contributed by atoms with Crippen molar-refractivity contribution in [3.63, 3.8) is 0 Å². The van der Waals surface area contributed by atoms with E-state index in [9.17, 15) is 0 Å². The zero-order valence-electron chi connectivity index (χ0n) is 19.8. The molecular weight excluding hydrogens is 469 g/mol. The van der Waals surface area contributed by atoms with Crippen molar-refractivity contribution in [1.29, 1.82) is 0 Å². The van der Waals surface area contributed by atoms with Gasteiger partial charge in [-0.1, -0.05) is 75.2 Å². The summed E-state index contributed by atoms with van der Waals surface area (Å²) in [5, 5.41) is 2.54. The molecule has 0 saturated carbocycles. The van der Waals surface area contributed by atoms with Crippen LogP contribution < -0.4 is 24.8 Å². The molecule has 0 bridgehead atoms. The van der Waals surface area contributed by atoms with Gasteiger partial charge in [-0.25, -0.2) is 0 Å². The third-order valence-electron chi connectivity index (χ3n) is 6.14. The van der Waals surface area contributed by atoms with Gasteiger partial charge in [0, 0.05) is 0 Å². The summed E-state index contributed by atoms with van der Waals surface area (Å²) in [7, 11) is 0. The number of aryl methyl sites for hydroxylation is 3. The van der Waals surface area contributed by atoms with Gasteiger partial charge in [0.15, 0.2) is 0 Å². The molecule has 3 aromatic rings. The molecule has 0 fully saturated rings. The molecule has 4 rings (SSSR count). The summed E-state index contributed by atoms with van der Waals surface area (Å²) in [6.07, 6.45) is 1.07. The number of allylic oxidation sites excluding steroid dienone is 4. The average molecular weight is 500 g/mol. The number of hydrogen-bond donors (Lipinski definition) is 0. The molecule has 0 spiro atoms. The van der Waals surface area contributed by atoms with E-state index >= 15 is 0 Å². The standard InChI is InChI=1S/C19H19.C9H12N.2ClH.Ti/c1-12-11-19(14(3)13(12)2)18-10-9-16-7-5-6-8-17(16)15(18)4;1-6-4-7(2)9(10)8(3)5-6;;;/h5-10H,4,11H2,1-3H3;4-5,10H,1-3H3;2*1H;/q2*-1;;;+2/p-2. The first-order chi connectivity index (χ1) is 13.7. The van der Waals surface area contributed by atoms with Gasteiger partial charge >= 0.3 is 21.7 Å². The molecule has 0 saturated heterocycles. The SMILES string of the molecule is Cc1cc(C)c([NH-])c(C)c1.[CH2-]c1c(C2=C(C)C(C)=C(C)C2)ccc2ccccc12.[Cl-].[Cl-].[Ti+2]. The topological polar surface area (TPSA) is 23.8 Å². The first-order valence-electron chi connectivity index (χ1n) is 10.2. The maximum Gasteiger partial charge on any atom is 2.00 e. The molecule has 0 unspecified atom stereocenters. The predicted molar refractivity (Wildman–Crippen MR) is 129 cm³/mol. The molecule has 0 amide bonds. The number of halogens is 2. The minimum Gasteiger partial charge on any atom is -1.00 e. The fourth-order valence-corrected chi connectivity index (χ4v) is 4.17. The molecule has 0 aromatic heterocycles. The van der Waals surface area contributed by atoms with Crippen molar-refractivity contribution >= 4 is 22.0 Å². The number of benzene rings is 3. The minimum atomic E-state index is 0. The van der Waals surface area contributed by atoms with Crippen LogP contribution in [0.25, 0.3) is 22.1 Å². The van der Waals surface area contributed by atoms with Crippen molar-refractivity contribution in [1.82, 2.24) is 0 Å². The average Bonchev–Trinajstić information content (AvgIpc) is 2.94. The fraction of sp³-hybridized carbons (Fsp3) is 0.250. The van der Waals surface area contributed by atoms with E-state index in [0.717, 1.165) is 23.1 Å². The van der Waals surface area contributed by atoms with E-state index in [1.165, 1.54) is 44.2 Å². The van der Waals surface area contributed by atoms with Crippen LogP contribution in [0.3, 0.4) is 0 Å². The summed E-state index contributed by atoms with van der Waals surface area (Å²) in [5.74, 6) is 0. The Kier molecular flexibility index (Phi) is 11.9. The zero-order valence-corrected chi connectivity index (χ0v) is 22.9. The van der Waals surface area contributed by atoms with E-state index in [1.807, 2.05) is 26.0 Å². The van der Waals surface area contributed by atoms with Gasteiger partial charge in [-0.15, -0.1) is 28.8 Å². The van der Waals surface area contributed by atoms with Gasteiger partial charge in [0.05, 0.1) is 0 Å². The maximum absolute atomic E-state index is 7.54. The van der Waals surface area contributed by atoms with Crippen molar-refractivity contribution in [3.8, 4) is 0 Å². The normalized spacial score (nSPS) is 12.4. The second-order valence-electron chi connectivity index (χ2n) is 8.27. The molecule has 1 N–H and O–H groups in total. The Morgan fingerprint density at radius 2 is 1.34 bits per heavy atom. The van der Waals surface area contributed by atoms with Crippen molar-refractivity contribution in [2.75, 3.05) is 0 Å². The van der Waals surface area contributed by atoms with Gasteiger partial charge in [0.1, 0.15) is 0 Å². The third kappa shape index (κ3) is 6.24. The molecule has 168 valence electrons. The molecule has 0 radical (unpaired) electrons. The third-order valence-corrected chi connectivity index (χ3v) is 6.14. The van der Waals surface area contributed by atoms with E-state index in [0.29, 0.717) is 5.69 Å². The maximum atomic E-state index is 7.54. The first-order valence-corrected chi connectivity index (χ1v) is 10.2. The van der Waals surface area contributed by atoms with E-state index in [-0.39, 0.29) is 46.5 Å².